The minimum absolute atomic E-state index is 0.545. The summed E-state index contributed by atoms with van der Waals surface area (Å²) in [5, 5.41) is 9.20. The lowest BCUT2D eigenvalue weighted by Crippen LogP contribution is -2.43. The molecule has 0 unspecified atom stereocenters. The van der Waals surface area contributed by atoms with Crippen molar-refractivity contribution in [3.8, 4) is 0 Å². The molecule has 6 heteroatoms. The number of rotatable bonds is 25. The van der Waals surface area contributed by atoms with E-state index in [2.05, 4.69) is 20.1 Å². The van der Waals surface area contributed by atoms with Crippen molar-refractivity contribution in [2.75, 3.05) is 6.61 Å². The Bertz CT molecular complexity index is 479. The van der Waals surface area contributed by atoms with Crippen molar-refractivity contribution in [2.24, 2.45) is 0 Å². The van der Waals surface area contributed by atoms with E-state index in [0.29, 0.717) is 6.61 Å². The SMILES string of the molecule is C=COC(OC=C)(OC=COCCCCCCCCCCCCCCCCCC)C(=O)O. The second-order valence-corrected chi connectivity index (χ2v) is 7.99. The van der Waals surface area contributed by atoms with Crippen LogP contribution in [0.2, 0.25) is 0 Å². The van der Waals surface area contributed by atoms with E-state index in [4.69, 9.17) is 18.9 Å². The summed E-state index contributed by atoms with van der Waals surface area (Å²) < 4.78 is 20.0. The van der Waals surface area contributed by atoms with Crippen LogP contribution in [0.3, 0.4) is 0 Å². The van der Waals surface area contributed by atoms with Gasteiger partial charge in [-0.1, -0.05) is 116 Å². The van der Waals surface area contributed by atoms with E-state index < -0.39 is 11.9 Å². The molecule has 0 aliphatic heterocycles. The van der Waals surface area contributed by atoms with E-state index in [1.165, 1.54) is 96.2 Å². The van der Waals surface area contributed by atoms with Crippen molar-refractivity contribution >= 4 is 5.97 Å². The molecule has 0 saturated heterocycles. The Morgan fingerprint density at radius 1 is 0.688 bits per heavy atom. The average Bonchev–Trinajstić information content (AvgIpc) is 2.77. The van der Waals surface area contributed by atoms with E-state index in [1.807, 2.05) is 0 Å². The highest BCUT2D eigenvalue weighted by molar-refractivity contribution is 5.74. The molecule has 0 saturated carbocycles. The van der Waals surface area contributed by atoms with Crippen LogP contribution < -0.4 is 0 Å². The highest BCUT2D eigenvalue weighted by atomic mass is 16.9. The molecule has 0 radical (unpaired) electrons. The molecule has 0 fully saturated rings. The summed E-state index contributed by atoms with van der Waals surface area (Å²) in [4.78, 5) is 11.3. The van der Waals surface area contributed by atoms with Gasteiger partial charge in [0, 0.05) is 0 Å². The third-order valence-electron chi connectivity index (χ3n) is 5.23. The number of unbranched alkanes of at least 4 members (excludes halogenated alkanes) is 15. The normalized spacial score (nSPS) is 11.3. The highest BCUT2D eigenvalue weighted by Gasteiger charge is 2.45. The zero-order chi connectivity index (χ0) is 23.8. The summed E-state index contributed by atoms with van der Waals surface area (Å²) in [6, 6.07) is 0. The predicted molar refractivity (Wildman–Crippen MR) is 129 cm³/mol. The van der Waals surface area contributed by atoms with Crippen LogP contribution in [0.4, 0.5) is 0 Å². The van der Waals surface area contributed by atoms with E-state index >= 15 is 0 Å². The van der Waals surface area contributed by atoms with Gasteiger partial charge in [0.25, 0.3) is 0 Å². The lowest BCUT2D eigenvalue weighted by molar-refractivity contribution is -0.306. The molecule has 186 valence electrons. The average molecular weight is 455 g/mol. The summed E-state index contributed by atoms with van der Waals surface area (Å²) in [5.74, 6) is -3.82. The Hall–Kier alpha value is -2.11. The molecular weight excluding hydrogens is 408 g/mol. The van der Waals surface area contributed by atoms with E-state index in [9.17, 15) is 9.90 Å². The maximum atomic E-state index is 11.3. The fraction of sp³-hybridized carbons (Fsp3) is 0.731. The number of hydrogen-bond donors (Lipinski definition) is 1. The monoisotopic (exact) mass is 454 g/mol. The first kappa shape index (κ1) is 29.9. The quantitative estimate of drug-likeness (QED) is 0.0861. The molecule has 0 aliphatic rings. The first-order chi connectivity index (χ1) is 15.6. The minimum Gasteiger partial charge on any atom is -0.498 e. The first-order valence-corrected chi connectivity index (χ1v) is 12.4. The minimum atomic E-state index is -2.35. The smallest absolute Gasteiger partial charge is 0.498 e. The fourth-order valence-electron chi connectivity index (χ4n) is 3.41. The predicted octanol–water partition coefficient (Wildman–Crippen LogP) is 7.81. The largest absolute Gasteiger partial charge is 0.521 e. The zero-order valence-corrected chi connectivity index (χ0v) is 20.2. The summed E-state index contributed by atoms with van der Waals surface area (Å²) in [7, 11) is 0. The molecule has 0 aromatic rings. The van der Waals surface area contributed by atoms with Crippen LogP contribution >= 0.6 is 0 Å². The van der Waals surface area contributed by atoms with Gasteiger partial charge in [0.2, 0.25) is 0 Å². The van der Waals surface area contributed by atoms with E-state index in [-0.39, 0.29) is 0 Å². The summed E-state index contributed by atoms with van der Waals surface area (Å²) in [6.45, 7) is 9.43. The Morgan fingerprint density at radius 3 is 1.47 bits per heavy atom. The van der Waals surface area contributed by atoms with E-state index in [1.54, 1.807) is 0 Å². The molecule has 0 aromatic heterocycles. The van der Waals surface area contributed by atoms with Crippen molar-refractivity contribution < 1.29 is 28.8 Å². The van der Waals surface area contributed by atoms with Crippen LogP contribution in [0.25, 0.3) is 0 Å². The molecule has 0 heterocycles. The van der Waals surface area contributed by atoms with Crippen LogP contribution in [-0.2, 0) is 23.7 Å². The van der Waals surface area contributed by atoms with Crippen molar-refractivity contribution in [3.05, 3.63) is 38.2 Å². The number of ether oxygens (including phenoxy) is 4. The van der Waals surface area contributed by atoms with Crippen molar-refractivity contribution in [2.45, 2.75) is 116 Å². The number of aliphatic carboxylic acids is 1. The lowest BCUT2D eigenvalue weighted by Gasteiger charge is -2.24. The molecular formula is C26H46O6. The number of carboxylic acid groups (broad SMARTS) is 1. The lowest BCUT2D eigenvalue weighted by atomic mass is 10.0. The first-order valence-electron chi connectivity index (χ1n) is 12.4. The molecule has 6 nitrogen and oxygen atoms in total. The van der Waals surface area contributed by atoms with Gasteiger partial charge in [0.1, 0.15) is 12.5 Å². The van der Waals surface area contributed by atoms with Gasteiger partial charge in [-0.15, -0.1) is 0 Å². The molecule has 0 amide bonds. The van der Waals surface area contributed by atoms with Crippen LogP contribution in [0, 0.1) is 0 Å². The van der Waals surface area contributed by atoms with Gasteiger partial charge >= 0.3 is 11.9 Å². The molecule has 1 N–H and O–H groups in total. The molecule has 0 bridgehead atoms. The summed E-state index contributed by atoms with van der Waals surface area (Å²) >= 11 is 0. The number of carboxylic acids is 1. The molecule has 0 spiro atoms. The fourth-order valence-corrected chi connectivity index (χ4v) is 3.41. The molecule has 0 rings (SSSR count). The van der Waals surface area contributed by atoms with Gasteiger partial charge in [-0.25, -0.2) is 4.79 Å². The molecule has 32 heavy (non-hydrogen) atoms. The van der Waals surface area contributed by atoms with Gasteiger partial charge in [-0.3, -0.25) is 0 Å². The maximum Gasteiger partial charge on any atom is 0.521 e. The van der Waals surface area contributed by atoms with Gasteiger partial charge in [0.15, 0.2) is 0 Å². The maximum absolute atomic E-state index is 11.3. The highest BCUT2D eigenvalue weighted by Crippen LogP contribution is 2.18. The zero-order valence-electron chi connectivity index (χ0n) is 20.2. The van der Waals surface area contributed by atoms with Crippen molar-refractivity contribution in [3.63, 3.8) is 0 Å². The van der Waals surface area contributed by atoms with Gasteiger partial charge < -0.3 is 24.1 Å². The Labute approximate surface area is 195 Å². The summed E-state index contributed by atoms with van der Waals surface area (Å²) in [5.41, 5.74) is 0. The van der Waals surface area contributed by atoms with Crippen LogP contribution in [0.15, 0.2) is 38.2 Å². The van der Waals surface area contributed by atoms with Crippen LogP contribution in [-0.4, -0.2) is 23.7 Å². The number of carbonyl (C=O) groups is 1. The topological polar surface area (TPSA) is 74.2 Å². The number of hydrogen-bond acceptors (Lipinski definition) is 5. The Balaban J connectivity index is 3.51. The molecule has 0 atom stereocenters. The molecule has 0 aliphatic carbocycles. The third-order valence-corrected chi connectivity index (χ3v) is 5.23. The van der Waals surface area contributed by atoms with Gasteiger partial charge in [-0.2, -0.15) is 0 Å². The third kappa shape index (κ3) is 16.6. The summed E-state index contributed by atoms with van der Waals surface area (Å²) in [6.07, 6.45) is 25.4. The van der Waals surface area contributed by atoms with Crippen LogP contribution in [0.5, 0.6) is 0 Å². The van der Waals surface area contributed by atoms with Crippen LogP contribution in [0.1, 0.15) is 110 Å². The van der Waals surface area contributed by atoms with Gasteiger partial charge in [-0.05, 0) is 6.42 Å². The second-order valence-electron chi connectivity index (χ2n) is 7.99. The molecule has 0 aromatic carbocycles. The van der Waals surface area contributed by atoms with Crippen molar-refractivity contribution in [1.82, 2.24) is 0 Å². The van der Waals surface area contributed by atoms with Gasteiger partial charge in [0.05, 0.1) is 19.1 Å². The van der Waals surface area contributed by atoms with E-state index in [0.717, 1.165) is 31.6 Å². The standard InChI is InChI=1S/C26H46O6/c1-4-7-8-9-10-11-12-13-14-15-16-17-18-19-20-21-22-29-23-24-32-26(25(27)28,30-5-2)31-6-3/h5-6,23-24H,2-4,7-22H2,1H3,(H,27,28). The Morgan fingerprint density at radius 2 is 1.09 bits per heavy atom. The second kappa shape index (κ2) is 22.1. The Kier molecular flexibility index (Phi) is 20.6. The van der Waals surface area contributed by atoms with Crippen molar-refractivity contribution in [1.29, 1.82) is 0 Å².